The number of rotatable bonds is 0. The molecule has 0 nitrogen and oxygen atoms in total. The second-order valence-electron chi connectivity index (χ2n) is 4.81. The molecule has 1 atom stereocenters. The molecular formula is C13H22. The van der Waals surface area contributed by atoms with E-state index >= 15 is 0 Å². The number of hydrogen-bond donors (Lipinski definition) is 0. The van der Waals surface area contributed by atoms with Gasteiger partial charge in [0.05, 0.1) is 0 Å². The zero-order valence-corrected chi connectivity index (χ0v) is 9.70. The van der Waals surface area contributed by atoms with Crippen molar-refractivity contribution in [3.63, 3.8) is 0 Å². The first kappa shape index (κ1) is 10.6. The van der Waals surface area contributed by atoms with Crippen LogP contribution < -0.4 is 0 Å². The van der Waals surface area contributed by atoms with Crippen LogP contribution in [0.4, 0.5) is 0 Å². The first-order chi connectivity index (χ1) is 6.02. The molecule has 0 radical (unpaired) electrons. The lowest BCUT2D eigenvalue weighted by molar-refractivity contribution is 0.493. The van der Waals surface area contributed by atoms with E-state index in [-0.39, 0.29) is 0 Å². The molecule has 0 aliphatic heterocycles. The average molecular weight is 178 g/mol. The van der Waals surface area contributed by atoms with Gasteiger partial charge in [-0.05, 0) is 64.0 Å². The van der Waals surface area contributed by atoms with Crippen LogP contribution in [-0.2, 0) is 0 Å². The minimum atomic E-state index is 0.882. The van der Waals surface area contributed by atoms with E-state index in [0.29, 0.717) is 0 Å². The summed E-state index contributed by atoms with van der Waals surface area (Å²) in [7, 11) is 0. The molecule has 0 aromatic carbocycles. The van der Waals surface area contributed by atoms with E-state index in [1.165, 1.54) is 30.4 Å². The van der Waals surface area contributed by atoms with Crippen molar-refractivity contribution < 1.29 is 0 Å². The molecule has 1 fully saturated rings. The molecule has 1 aliphatic rings. The molecule has 1 aliphatic carbocycles. The molecule has 1 saturated carbocycles. The SMILES string of the molecule is CC(C)=C1CC[C@@H](C)CC1=C(C)C. The molecule has 0 aromatic heterocycles. The maximum absolute atomic E-state index is 2.37. The summed E-state index contributed by atoms with van der Waals surface area (Å²) in [6.07, 6.45) is 3.96. The molecule has 0 heterocycles. The van der Waals surface area contributed by atoms with Gasteiger partial charge in [0.15, 0.2) is 0 Å². The molecule has 0 heteroatoms. The minimum Gasteiger partial charge on any atom is -0.0730 e. The van der Waals surface area contributed by atoms with Crippen molar-refractivity contribution in [3.8, 4) is 0 Å². The number of allylic oxidation sites excluding steroid dienone is 4. The largest absolute Gasteiger partial charge is 0.0730 e. The summed E-state index contributed by atoms with van der Waals surface area (Å²) in [5, 5.41) is 0. The molecule has 0 spiro atoms. The average Bonchev–Trinajstić information content (AvgIpc) is 2.03. The van der Waals surface area contributed by atoms with Gasteiger partial charge in [0, 0.05) is 0 Å². The van der Waals surface area contributed by atoms with Crippen LogP contribution in [0.2, 0.25) is 0 Å². The molecule has 0 amide bonds. The molecule has 0 saturated heterocycles. The lowest BCUT2D eigenvalue weighted by atomic mass is 9.79. The lowest BCUT2D eigenvalue weighted by Crippen LogP contribution is -2.09. The molecular weight excluding hydrogens is 156 g/mol. The second-order valence-corrected chi connectivity index (χ2v) is 4.81. The Balaban J connectivity index is 3.00. The molecule has 0 aromatic rings. The highest BCUT2D eigenvalue weighted by molar-refractivity contribution is 5.38. The first-order valence-corrected chi connectivity index (χ1v) is 5.35. The van der Waals surface area contributed by atoms with Crippen molar-refractivity contribution >= 4 is 0 Å². The maximum Gasteiger partial charge on any atom is -0.0251 e. The van der Waals surface area contributed by atoms with E-state index in [0.717, 1.165) is 5.92 Å². The fourth-order valence-electron chi connectivity index (χ4n) is 2.17. The predicted octanol–water partition coefficient (Wildman–Crippen LogP) is 4.48. The zero-order valence-electron chi connectivity index (χ0n) is 9.70. The van der Waals surface area contributed by atoms with Gasteiger partial charge in [0.1, 0.15) is 0 Å². The van der Waals surface area contributed by atoms with E-state index < -0.39 is 0 Å². The van der Waals surface area contributed by atoms with Gasteiger partial charge >= 0.3 is 0 Å². The Kier molecular flexibility index (Phi) is 3.35. The molecule has 0 bridgehead atoms. The Bertz CT molecular complexity index is 245. The predicted molar refractivity (Wildman–Crippen MR) is 59.8 cm³/mol. The van der Waals surface area contributed by atoms with E-state index in [1.807, 2.05) is 0 Å². The van der Waals surface area contributed by atoms with Gasteiger partial charge in [0.25, 0.3) is 0 Å². The topological polar surface area (TPSA) is 0 Å². The lowest BCUT2D eigenvalue weighted by Gasteiger charge is -2.26. The van der Waals surface area contributed by atoms with Crippen molar-refractivity contribution in [3.05, 3.63) is 22.3 Å². The van der Waals surface area contributed by atoms with Gasteiger partial charge < -0.3 is 0 Å². The van der Waals surface area contributed by atoms with E-state index in [1.54, 1.807) is 11.1 Å². The number of hydrogen-bond acceptors (Lipinski definition) is 0. The molecule has 1 rings (SSSR count). The van der Waals surface area contributed by atoms with Crippen LogP contribution in [0.15, 0.2) is 22.3 Å². The van der Waals surface area contributed by atoms with Crippen LogP contribution in [0.3, 0.4) is 0 Å². The van der Waals surface area contributed by atoms with Gasteiger partial charge in [-0.2, -0.15) is 0 Å². The third-order valence-corrected chi connectivity index (χ3v) is 3.01. The fraction of sp³-hybridized carbons (Fsp3) is 0.692. The summed E-state index contributed by atoms with van der Waals surface area (Å²) in [4.78, 5) is 0. The summed E-state index contributed by atoms with van der Waals surface area (Å²) in [6.45, 7) is 11.3. The Labute approximate surface area is 82.7 Å². The quantitative estimate of drug-likeness (QED) is 0.513. The Morgan fingerprint density at radius 1 is 1.00 bits per heavy atom. The highest BCUT2D eigenvalue weighted by atomic mass is 14.2. The van der Waals surface area contributed by atoms with Gasteiger partial charge in [0.2, 0.25) is 0 Å². The standard InChI is InChI=1S/C13H22/c1-9(2)12-7-6-11(5)8-13(12)10(3)4/h11H,6-8H2,1-5H3/t11-/m1/s1. The molecule has 0 N–H and O–H groups in total. The zero-order chi connectivity index (χ0) is 10.0. The summed E-state index contributed by atoms with van der Waals surface area (Å²) in [6, 6.07) is 0. The van der Waals surface area contributed by atoms with Gasteiger partial charge in [-0.15, -0.1) is 0 Å². The second kappa shape index (κ2) is 4.13. The van der Waals surface area contributed by atoms with Gasteiger partial charge in [-0.1, -0.05) is 18.1 Å². The van der Waals surface area contributed by atoms with Crippen molar-refractivity contribution in [1.82, 2.24) is 0 Å². The smallest absolute Gasteiger partial charge is 0.0251 e. The van der Waals surface area contributed by atoms with Gasteiger partial charge in [-0.3, -0.25) is 0 Å². The third kappa shape index (κ3) is 2.46. The Morgan fingerprint density at radius 2 is 1.54 bits per heavy atom. The fourth-order valence-corrected chi connectivity index (χ4v) is 2.17. The third-order valence-electron chi connectivity index (χ3n) is 3.01. The Hall–Kier alpha value is -0.520. The maximum atomic E-state index is 2.37. The van der Waals surface area contributed by atoms with Crippen molar-refractivity contribution in [2.75, 3.05) is 0 Å². The normalized spacial score (nSPS) is 23.3. The molecule has 74 valence electrons. The monoisotopic (exact) mass is 178 g/mol. The molecule has 0 unspecified atom stereocenters. The van der Waals surface area contributed by atoms with Crippen LogP contribution >= 0.6 is 0 Å². The molecule has 13 heavy (non-hydrogen) atoms. The van der Waals surface area contributed by atoms with Crippen LogP contribution in [0.5, 0.6) is 0 Å². The summed E-state index contributed by atoms with van der Waals surface area (Å²) in [5.74, 6) is 0.882. The van der Waals surface area contributed by atoms with Crippen LogP contribution in [-0.4, -0.2) is 0 Å². The van der Waals surface area contributed by atoms with Crippen molar-refractivity contribution in [2.24, 2.45) is 5.92 Å². The highest BCUT2D eigenvalue weighted by Gasteiger charge is 2.18. The minimum absolute atomic E-state index is 0.882. The van der Waals surface area contributed by atoms with E-state index in [2.05, 4.69) is 34.6 Å². The van der Waals surface area contributed by atoms with E-state index in [9.17, 15) is 0 Å². The van der Waals surface area contributed by atoms with Crippen LogP contribution in [0.1, 0.15) is 53.9 Å². The summed E-state index contributed by atoms with van der Waals surface area (Å²) >= 11 is 0. The van der Waals surface area contributed by atoms with Crippen LogP contribution in [0, 0.1) is 5.92 Å². The van der Waals surface area contributed by atoms with Crippen molar-refractivity contribution in [1.29, 1.82) is 0 Å². The van der Waals surface area contributed by atoms with E-state index in [4.69, 9.17) is 0 Å². The Morgan fingerprint density at radius 3 is 2.00 bits per heavy atom. The van der Waals surface area contributed by atoms with Gasteiger partial charge in [-0.25, -0.2) is 0 Å². The van der Waals surface area contributed by atoms with Crippen LogP contribution in [0.25, 0.3) is 0 Å². The first-order valence-electron chi connectivity index (χ1n) is 5.35. The highest BCUT2D eigenvalue weighted by Crippen LogP contribution is 2.36. The van der Waals surface area contributed by atoms with Crippen molar-refractivity contribution in [2.45, 2.75) is 53.9 Å². The summed E-state index contributed by atoms with van der Waals surface area (Å²) in [5.41, 5.74) is 6.31. The summed E-state index contributed by atoms with van der Waals surface area (Å²) < 4.78 is 0.